The lowest BCUT2D eigenvalue weighted by atomic mass is 9.94. The Balaban J connectivity index is 1.74. The van der Waals surface area contributed by atoms with Gasteiger partial charge in [-0.1, -0.05) is 29.5 Å². The third-order valence-electron chi connectivity index (χ3n) is 7.02. The van der Waals surface area contributed by atoms with Crippen molar-refractivity contribution in [1.82, 2.24) is 9.13 Å². The highest BCUT2D eigenvalue weighted by atomic mass is 32.1. The summed E-state index contributed by atoms with van der Waals surface area (Å²) in [4.78, 5) is 32.5. The predicted octanol–water partition coefficient (Wildman–Crippen LogP) is 4.22. The molecule has 0 spiro atoms. The van der Waals surface area contributed by atoms with Crippen LogP contribution in [0.3, 0.4) is 0 Å². The average Bonchev–Trinajstić information content (AvgIpc) is 3.41. The standard InChI is InChI=1S/C31H31N3O5S/c1-7-39-30(36)27-19(3)32-31-34(28(27)24-17-23(37-5)13-14-25(24)38-6)29(35)26(40-31)16-21-15-18(2)33(20(21)4)22-11-9-8-10-12-22/h8-17,28H,7H2,1-6H3. The van der Waals surface area contributed by atoms with Crippen LogP contribution in [0.15, 0.2) is 75.7 Å². The van der Waals surface area contributed by atoms with E-state index >= 15 is 0 Å². The van der Waals surface area contributed by atoms with Crippen LogP contribution in [0.1, 0.15) is 42.4 Å². The lowest BCUT2D eigenvalue weighted by Crippen LogP contribution is -2.40. The average molecular weight is 558 g/mol. The number of benzene rings is 2. The summed E-state index contributed by atoms with van der Waals surface area (Å²) in [5.41, 5.74) is 5.19. The molecule has 4 aromatic rings. The first-order chi connectivity index (χ1) is 19.3. The van der Waals surface area contributed by atoms with Gasteiger partial charge in [-0.3, -0.25) is 9.36 Å². The number of nitrogens with zero attached hydrogens (tertiary/aromatic N) is 3. The van der Waals surface area contributed by atoms with Crippen molar-refractivity contribution in [3.05, 3.63) is 108 Å². The molecule has 2 aromatic carbocycles. The molecule has 2 aromatic heterocycles. The number of carbonyl (C=O) groups is 1. The number of hydrogen-bond donors (Lipinski definition) is 0. The van der Waals surface area contributed by atoms with Crippen LogP contribution in [0.2, 0.25) is 0 Å². The third-order valence-corrected chi connectivity index (χ3v) is 8.00. The first-order valence-corrected chi connectivity index (χ1v) is 13.8. The van der Waals surface area contributed by atoms with E-state index in [1.807, 2.05) is 38.1 Å². The summed E-state index contributed by atoms with van der Waals surface area (Å²) in [6.45, 7) is 7.78. The number of methoxy groups -OCH3 is 2. The van der Waals surface area contributed by atoms with Crippen molar-refractivity contribution < 1.29 is 19.0 Å². The van der Waals surface area contributed by atoms with Crippen LogP contribution in [0.25, 0.3) is 11.8 Å². The van der Waals surface area contributed by atoms with Gasteiger partial charge in [0.05, 0.1) is 36.6 Å². The van der Waals surface area contributed by atoms with Gasteiger partial charge in [-0.25, -0.2) is 9.79 Å². The van der Waals surface area contributed by atoms with E-state index < -0.39 is 12.0 Å². The highest BCUT2D eigenvalue weighted by Crippen LogP contribution is 2.37. The number of fused-ring (bicyclic) bond motifs is 1. The maximum absolute atomic E-state index is 14.1. The summed E-state index contributed by atoms with van der Waals surface area (Å²) >= 11 is 1.29. The molecule has 5 rings (SSSR count). The molecule has 3 heterocycles. The molecule has 0 aliphatic carbocycles. The van der Waals surface area contributed by atoms with Gasteiger partial charge in [-0.2, -0.15) is 0 Å². The summed E-state index contributed by atoms with van der Waals surface area (Å²) in [5.74, 6) is 0.562. The van der Waals surface area contributed by atoms with E-state index in [1.54, 1.807) is 50.8 Å². The number of esters is 1. The number of aryl methyl sites for hydroxylation is 1. The van der Waals surface area contributed by atoms with Crippen LogP contribution in [-0.4, -0.2) is 35.9 Å². The zero-order chi connectivity index (χ0) is 28.6. The quantitative estimate of drug-likeness (QED) is 0.318. The van der Waals surface area contributed by atoms with Gasteiger partial charge < -0.3 is 18.8 Å². The van der Waals surface area contributed by atoms with E-state index in [0.717, 1.165) is 22.6 Å². The second-order valence-corrected chi connectivity index (χ2v) is 10.4. The number of para-hydroxylation sites is 1. The Hall–Kier alpha value is -4.37. The molecule has 0 amide bonds. The van der Waals surface area contributed by atoms with Crippen molar-refractivity contribution in [3.63, 3.8) is 0 Å². The molecule has 206 valence electrons. The summed E-state index contributed by atoms with van der Waals surface area (Å²) in [6.07, 6.45) is 1.90. The predicted molar refractivity (Wildman–Crippen MR) is 155 cm³/mol. The summed E-state index contributed by atoms with van der Waals surface area (Å²) in [7, 11) is 3.12. The van der Waals surface area contributed by atoms with Gasteiger partial charge in [0.2, 0.25) is 0 Å². The van der Waals surface area contributed by atoms with Crippen molar-refractivity contribution in [1.29, 1.82) is 0 Å². The Kier molecular flexibility index (Phi) is 7.49. The Morgan fingerprint density at radius 3 is 2.48 bits per heavy atom. The van der Waals surface area contributed by atoms with Crippen molar-refractivity contribution in [2.75, 3.05) is 20.8 Å². The second kappa shape index (κ2) is 11.0. The minimum atomic E-state index is -0.806. The molecule has 0 fully saturated rings. The lowest BCUT2D eigenvalue weighted by molar-refractivity contribution is -0.139. The SMILES string of the molecule is CCOC(=O)C1=C(C)N=c2sc(=Cc3cc(C)n(-c4ccccc4)c3C)c(=O)n2C1c1cc(OC)ccc1OC. The second-order valence-electron chi connectivity index (χ2n) is 9.41. The van der Waals surface area contributed by atoms with Crippen molar-refractivity contribution in [2.45, 2.75) is 33.7 Å². The first kappa shape index (κ1) is 27.2. The van der Waals surface area contributed by atoms with Gasteiger partial charge in [0.1, 0.15) is 17.5 Å². The molecule has 1 aliphatic rings. The Bertz CT molecular complexity index is 1810. The minimum Gasteiger partial charge on any atom is -0.497 e. The number of ether oxygens (including phenoxy) is 3. The monoisotopic (exact) mass is 557 g/mol. The zero-order valence-corrected chi connectivity index (χ0v) is 24.2. The number of allylic oxidation sites excluding steroid dienone is 1. The van der Waals surface area contributed by atoms with Crippen molar-refractivity contribution in [3.8, 4) is 17.2 Å². The summed E-state index contributed by atoms with van der Waals surface area (Å²) < 4.78 is 20.8. The van der Waals surface area contributed by atoms with E-state index in [4.69, 9.17) is 14.2 Å². The fraction of sp³-hybridized carbons (Fsp3) is 0.258. The molecular weight excluding hydrogens is 526 g/mol. The number of hydrogen-bond acceptors (Lipinski definition) is 7. The fourth-order valence-electron chi connectivity index (χ4n) is 5.19. The molecule has 0 bridgehead atoms. The van der Waals surface area contributed by atoms with E-state index in [9.17, 15) is 9.59 Å². The minimum absolute atomic E-state index is 0.193. The van der Waals surface area contributed by atoms with E-state index in [0.29, 0.717) is 32.1 Å². The summed E-state index contributed by atoms with van der Waals surface area (Å²) in [6, 6.07) is 16.7. The molecule has 40 heavy (non-hydrogen) atoms. The molecule has 1 aliphatic heterocycles. The molecule has 1 unspecified atom stereocenters. The molecule has 9 heteroatoms. The lowest BCUT2D eigenvalue weighted by Gasteiger charge is -2.26. The molecule has 1 atom stereocenters. The highest BCUT2D eigenvalue weighted by molar-refractivity contribution is 7.07. The van der Waals surface area contributed by atoms with Crippen LogP contribution in [-0.2, 0) is 9.53 Å². The Labute approximate surface area is 236 Å². The van der Waals surface area contributed by atoms with Crippen molar-refractivity contribution in [2.24, 2.45) is 4.99 Å². The van der Waals surface area contributed by atoms with Gasteiger partial charge in [-0.05, 0) is 75.7 Å². The molecule has 0 saturated carbocycles. The molecular formula is C31H31N3O5S. The van der Waals surface area contributed by atoms with Crippen LogP contribution in [0.4, 0.5) is 0 Å². The Morgan fingerprint density at radius 2 is 1.80 bits per heavy atom. The van der Waals surface area contributed by atoms with Gasteiger partial charge in [0.15, 0.2) is 4.80 Å². The first-order valence-electron chi connectivity index (χ1n) is 12.9. The number of thiazole rings is 1. The van der Waals surface area contributed by atoms with E-state index in [-0.39, 0.29) is 17.7 Å². The number of carbonyl (C=O) groups excluding carboxylic acids is 1. The van der Waals surface area contributed by atoms with Crippen LogP contribution in [0, 0.1) is 13.8 Å². The molecule has 0 saturated heterocycles. The zero-order valence-electron chi connectivity index (χ0n) is 23.3. The van der Waals surface area contributed by atoms with Crippen LogP contribution >= 0.6 is 11.3 Å². The number of aromatic nitrogens is 2. The van der Waals surface area contributed by atoms with Crippen molar-refractivity contribution >= 4 is 23.4 Å². The van der Waals surface area contributed by atoms with Crippen LogP contribution < -0.4 is 24.4 Å². The number of rotatable bonds is 7. The normalized spacial score (nSPS) is 15.1. The highest BCUT2D eigenvalue weighted by Gasteiger charge is 2.35. The maximum Gasteiger partial charge on any atom is 0.338 e. The molecule has 0 N–H and O–H groups in total. The van der Waals surface area contributed by atoms with Gasteiger partial charge in [0, 0.05) is 22.6 Å². The Morgan fingerprint density at radius 1 is 1.05 bits per heavy atom. The fourth-order valence-corrected chi connectivity index (χ4v) is 6.23. The molecule has 0 radical (unpaired) electrons. The van der Waals surface area contributed by atoms with Gasteiger partial charge in [0.25, 0.3) is 5.56 Å². The van der Waals surface area contributed by atoms with Gasteiger partial charge >= 0.3 is 5.97 Å². The largest absolute Gasteiger partial charge is 0.497 e. The van der Waals surface area contributed by atoms with Crippen LogP contribution in [0.5, 0.6) is 11.5 Å². The van der Waals surface area contributed by atoms with E-state index in [2.05, 4.69) is 27.8 Å². The third kappa shape index (κ3) is 4.66. The smallest absolute Gasteiger partial charge is 0.338 e. The molecule has 8 nitrogen and oxygen atoms in total. The topological polar surface area (TPSA) is 84.1 Å². The maximum atomic E-state index is 14.1. The summed E-state index contributed by atoms with van der Waals surface area (Å²) in [5, 5.41) is 0. The van der Waals surface area contributed by atoms with Gasteiger partial charge in [-0.15, -0.1) is 0 Å². The van der Waals surface area contributed by atoms with E-state index in [1.165, 1.54) is 11.3 Å².